The molecule has 0 aliphatic heterocycles. The highest BCUT2D eigenvalue weighted by Gasteiger charge is 1.92. The average Bonchev–Trinajstić information content (AvgIpc) is 1.65. The molecule has 7 heavy (non-hydrogen) atoms. The molecule has 0 unspecified atom stereocenters. The van der Waals surface area contributed by atoms with Gasteiger partial charge >= 0.3 is 0 Å². The van der Waals surface area contributed by atoms with Crippen LogP contribution in [0.3, 0.4) is 0 Å². The van der Waals surface area contributed by atoms with Crippen LogP contribution in [0.15, 0.2) is 12.3 Å². The second kappa shape index (κ2) is 2.23. The first-order chi connectivity index (χ1) is 3.18. The van der Waals surface area contributed by atoms with Crippen molar-refractivity contribution < 1.29 is 4.79 Å². The first-order valence-electron chi connectivity index (χ1n) is 1.85. The van der Waals surface area contributed by atoms with Gasteiger partial charge in [-0.15, -0.1) is 0 Å². The van der Waals surface area contributed by atoms with Crippen LogP contribution in [0.1, 0.15) is 0 Å². The highest BCUT2D eigenvalue weighted by molar-refractivity contribution is 5.90. The average molecular weight is 100 g/mol. The topological polar surface area (TPSA) is 55.1 Å². The maximum Gasteiger partial charge on any atom is 0.264 e. The van der Waals surface area contributed by atoms with Gasteiger partial charge in [-0.25, -0.2) is 0 Å². The van der Waals surface area contributed by atoms with E-state index in [9.17, 15) is 4.79 Å². The van der Waals surface area contributed by atoms with Crippen LogP contribution in [0.25, 0.3) is 0 Å². The van der Waals surface area contributed by atoms with Crippen LogP contribution in [0.2, 0.25) is 0 Å². The Kier molecular flexibility index (Phi) is 1.91. The molecule has 0 aromatic rings. The molecule has 3 heteroatoms. The second-order valence-electron chi connectivity index (χ2n) is 1.09. The summed E-state index contributed by atoms with van der Waals surface area (Å²) in [6.45, 7) is 3.29. The maximum atomic E-state index is 9.99. The third-order valence-corrected chi connectivity index (χ3v) is 0.599. The largest absolute Gasteiger partial charge is 0.384 e. The maximum absolute atomic E-state index is 9.99. The van der Waals surface area contributed by atoms with Gasteiger partial charge in [-0.1, -0.05) is 6.58 Å². The van der Waals surface area contributed by atoms with Crippen molar-refractivity contribution in [3.8, 4) is 0 Å². The van der Waals surface area contributed by atoms with Gasteiger partial charge in [0, 0.05) is 7.05 Å². The zero-order valence-electron chi connectivity index (χ0n) is 4.19. The Hall–Kier alpha value is -0.990. The Balaban J connectivity index is 3.58. The number of likely N-dealkylation sites (N-methyl/N-ethyl adjacent to an activating group) is 1. The molecule has 0 aromatic heterocycles. The highest BCUT2D eigenvalue weighted by atomic mass is 16.1. The number of carbonyl (C=O) groups excluding carboxylic acids is 1. The second-order valence-corrected chi connectivity index (χ2v) is 1.09. The van der Waals surface area contributed by atoms with E-state index in [0.29, 0.717) is 0 Å². The molecule has 0 aliphatic rings. The Morgan fingerprint density at radius 1 is 1.86 bits per heavy atom. The summed E-state index contributed by atoms with van der Waals surface area (Å²) in [4.78, 5) is 9.99. The minimum atomic E-state index is -0.512. The van der Waals surface area contributed by atoms with E-state index in [2.05, 4.69) is 11.9 Å². The summed E-state index contributed by atoms with van der Waals surface area (Å²) in [5, 5.41) is 2.50. The van der Waals surface area contributed by atoms with E-state index in [1.54, 1.807) is 7.05 Å². The first-order valence-corrected chi connectivity index (χ1v) is 1.85. The molecule has 1 amide bonds. The Morgan fingerprint density at radius 2 is 2.29 bits per heavy atom. The molecule has 0 fully saturated rings. The molecule has 0 atom stereocenters. The summed E-state index contributed by atoms with van der Waals surface area (Å²) in [7, 11) is 1.59. The molecule has 0 rings (SSSR count). The number of amides is 1. The van der Waals surface area contributed by atoms with Gasteiger partial charge in [0.25, 0.3) is 5.91 Å². The van der Waals surface area contributed by atoms with Crippen molar-refractivity contribution in [3.05, 3.63) is 12.3 Å². The van der Waals surface area contributed by atoms with Crippen LogP contribution >= 0.6 is 0 Å². The number of hydrogen-bond donors (Lipinski definition) is 2. The summed E-state index contributed by atoms with van der Waals surface area (Å²) in [5.41, 5.74) is 4.98. The van der Waals surface area contributed by atoms with Crippen molar-refractivity contribution in [2.24, 2.45) is 5.73 Å². The molecule has 0 radical (unpaired) electrons. The fourth-order valence-electron chi connectivity index (χ4n) is 0.123. The van der Waals surface area contributed by atoms with Crippen molar-refractivity contribution in [1.29, 1.82) is 0 Å². The van der Waals surface area contributed by atoms with E-state index in [-0.39, 0.29) is 5.70 Å². The number of nitrogens with two attached hydrogens (primary N) is 1. The van der Waals surface area contributed by atoms with Gasteiger partial charge in [-0.2, -0.15) is 0 Å². The fraction of sp³-hybridized carbons (Fsp3) is 0.250. The van der Waals surface area contributed by atoms with Gasteiger partial charge in [0.1, 0.15) is 0 Å². The fourth-order valence-corrected chi connectivity index (χ4v) is 0.123. The monoisotopic (exact) mass is 100 g/mol. The summed E-state index contributed by atoms with van der Waals surface area (Å²) in [6, 6.07) is 0. The summed E-state index contributed by atoms with van der Waals surface area (Å²) in [5.74, 6) is -0.512. The van der Waals surface area contributed by atoms with Crippen LogP contribution in [-0.4, -0.2) is 13.0 Å². The van der Waals surface area contributed by atoms with Crippen molar-refractivity contribution in [2.75, 3.05) is 7.05 Å². The molecule has 3 nitrogen and oxygen atoms in total. The number of carbonyl (C=O) groups is 1. The van der Waals surface area contributed by atoms with Gasteiger partial charge < -0.3 is 11.1 Å². The third kappa shape index (κ3) is 1.81. The van der Waals surface area contributed by atoms with E-state index in [1.165, 1.54) is 0 Å². The Bertz CT molecular complexity index is 97.9. The lowest BCUT2D eigenvalue weighted by molar-refractivity contribution is -0.114. The quantitative estimate of drug-likeness (QED) is 0.446. The lowest BCUT2D eigenvalue weighted by Gasteiger charge is -1.93. The zero-order chi connectivity index (χ0) is 5.86. The van der Waals surface area contributed by atoms with E-state index in [1.807, 2.05) is 0 Å². The van der Waals surface area contributed by atoms with Gasteiger partial charge in [0.05, 0.1) is 5.70 Å². The molecule has 0 aliphatic carbocycles. The lowest BCUT2D eigenvalue weighted by Crippen LogP contribution is -2.21. The predicted octanol–water partition coefficient (Wildman–Crippen LogP) is -0.795. The Labute approximate surface area is 42.2 Å². The molecule has 40 valence electrons. The van der Waals surface area contributed by atoms with Gasteiger partial charge in [-0.05, 0) is 0 Å². The molecule has 0 heterocycles. The zero-order valence-corrected chi connectivity index (χ0v) is 4.19. The molecular weight excluding hydrogens is 92.1 g/mol. The van der Waals surface area contributed by atoms with Crippen LogP contribution < -0.4 is 11.1 Å². The minimum Gasteiger partial charge on any atom is -0.384 e. The van der Waals surface area contributed by atoms with Crippen molar-refractivity contribution >= 4 is 5.91 Å². The van der Waals surface area contributed by atoms with Gasteiger partial charge in [0.2, 0.25) is 0 Å². The summed E-state index contributed by atoms with van der Waals surface area (Å²) < 4.78 is 0. The van der Waals surface area contributed by atoms with Crippen molar-refractivity contribution in [1.82, 2.24) is 5.32 Å². The summed E-state index contributed by atoms with van der Waals surface area (Å²) >= 11 is 0. The molecule has 0 saturated heterocycles. The normalized spacial score (nSPS) is 7.57. The first kappa shape index (κ1) is 6.01. The number of primary amides is 1. The number of rotatable bonds is 2. The van der Waals surface area contributed by atoms with E-state index < -0.39 is 5.91 Å². The highest BCUT2D eigenvalue weighted by Crippen LogP contribution is 1.73. The molecular formula is C4H8N2O. The van der Waals surface area contributed by atoms with Crippen LogP contribution in [0, 0.1) is 0 Å². The molecule has 0 aromatic carbocycles. The standard InChI is InChI=1S/C4H8N2O/c1-3(6-2)4(5)7/h6H,1H2,2H3,(H2,5,7). The number of hydrogen-bond acceptors (Lipinski definition) is 2. The molecule has 0 saturated carbocycles. The van der Waals surface area contributed by atoms with Crippen molar-refractivity contribution in [3.63, 3.8) is 0 Å². The van der Waals surface area contributed by atoms with Gasteiger partial charge in [-0.3, -0.25) is 4.79 Å². The van der Waals surface area contributed by atoms with Crippen LogP contribution in [-0.2, 0) is 4.79 Å². The van der Waals surface area contributed by atoms with Crippen LogP contribution in [0.5, 0.6) is 0 Å². The minimum absolute atomic E-state index is 0.236. The van der Waals surface area contributed by atoms with Crippen LogP contribution in [0.4, 0.5) is 0 Å². The smallest absolute Gasteiger partial charge is 0.264 e. The van der Waals surface area contributed by atoms with Gasteiger partial charge in [0.15, 0.2) is 0 Å². The summed E-state index contributed by atoms with van der Waals surface area (Å²) in [6.07, 6.45) is 0. The number of nitrogens with one attached hydrogen (secondary N) is 1. The molecule has 3 N–H and O–H groups in total. The lowest BCUT2D eigenvalue weighted by atomic mass is 10.5. The molecule has 0 spiro atoms. The van der Waals surface area contributed by atoms with E-state index in [0.717, 1.165) is 0 Å². The third-order valence-electron chi connectivity index (χ3n) is 0.599. The van der Waals surface area contributed by atoms with E-state index in [4.69, 9.17) is 5.73 Å². The Morgan fingerprint density at radius 3 is 2.29 bits per heavy atom. The van der Waals surface area contributed by atoms with Crippen molar-refractivity contribution in [2.45, 2.75) is 0 Å². The van der Waals surface area contributed by atoms with E-state index >= 15 is 0 Å². The SMILES string of the molecule is C=C(NC)C(N)=O. The molecule has 0 bridgehead atoms. The predicted molar refractivity (Wildman–Crippen MR) is 27.4 cm³/mol.